The molecule has 3 aromatic rings. The number of para-hydroxylation sites is 1. The summed E-state index contributed by atoms with van der Waals surface area (Å²) in [5.74, 6) is 2.13. The smallest absolute Gasteiger partial charge is 0.314 e. The molecule has 2 unspecified atom stereocenters. The van der Waals surface area contributed by atoms with Crippen LogP contribution in [0.15, 0.2) is 65.8 Å². The summed E-state index contributed by atoms with van der Waals surface area (Å²) in [6.45, 7) is 2.26. The van der Waals surface area contributed by atoms with Crippen molar-refractivity contribution in [3.63, 3.8) is 0 Å². The third kappa shape index (κ3) is 3.15. The maximum absolute atomic E-state index is 4.98. The Balaban J connectivity index is 0.00000169. The van der Waals surface area contributed by atoms with E-state index in [1.807, 2.05) is 17.8 Å². The summed E-state index contributed by atoms with van der Waals surface area (Å²) in [7, 11) is 0. The molecule has 1 aromatic heterocycles. The molecule has 0 saturated heterocycles. The van der Waals surface area contributed by atoms with Gasteiger partial charge in [-0.25, -0.2) is 0 Å². The Morgan fingerprint density at radius 1 is 1.08 bits per heavy atom. The summed E-state index contributed by atoms with van der Waals surface area (Å²) in [4.78, 5) is 0. The lowest BCUT2D eigenvalue weighted by Gasteiger charge is -2.19. The van der Waals surface area contributed by atoms with Crippen LogP contribution in [0.3, 0.4) is 0 Å². The van der Waals surface area contributed by atoms with Crippen LogP contribution in [0.4, 0.5) is 0 Å². The van der Waals surface area contributed by atoms with E-state index in [-0.39, 0.29) is 17.0 Å². The second kappa shape index (κ2) is 7.58. The molecule has 1 aliphatic heterocycles. The summed E-state index contributed by atoms with van der Waals surface area (Å²) in [5.41, 5.74) is 2.32. The minimum absolute atomic E-state index is 0. The van der Waals surface area contributed by atoms with Gasteiger partial charge in [-0.05, 0) is 31.2 Å². The van der Waals surface area contributed by atoms with E-state index >= 15 is 0 Å². The summed E-state index contributed by atoms with van der Waals surface area (Å²) >= 11 is 4.43. The highest BCUT2D eigenvalue weighted by molar-refractivity contribution is 14.1. The van der Waals surface area contributed by atoms with Crippen molar-refractivity contribution in [2.75, 3.05) is 5.75 Å². The van der Waals surface area contributed by atoms with Gasteiger partial charge in [-0.1, -0.05) is 75.4 Å². The lowest BCUT2D eigenvalue weighted by atomic mass is 10.2. The van der Waals surface area contributed by atoms with Crippen LogP contribution in [-0.2, 0) is 0 Å². The third-order valence-electron chi connectivity index (χ3n) is 4.13. The second-order valence-corrected chi connectivity index (χ2v) is 8.24. The van der Waals surface area contributed by atoms with Crippen molar-refractivity contribution in [3.8, 4) is 17.1 Å². The Bertz CT molecular complexity index is 823. The number of fused-ring (bicyclic) bond motifs is 1. The highest BCUT2D eigenvalue weighted by Gasteiger charge is 2.38. The van der Waals surface area contributed by atoms with E-state index in [4.69, 9.17) is 5.10 Å². The van der Waals surface area contributed by atoms with Crippen LogP contribution in [0.5, 0.6) is 0 Å². The first-order chi connectivity index (χ1) is 11.3. The Labute approximate surface area is 170 Å². The van der Waals surface area contributed by atoms with Gasteiger partial charge in [0.1, 0.15) is 11.7 Å². The highest BCUT2D eigenvalue weighted by Crippen LogP contribution is 2.35. The Kier molecular flexibility index (Phi) is 5.66. The summed E-state index contributed by atoms with van der Waals surface area (Å²) in [6, 6.07) is 21.4. The minimum Gasteiger partial charge on any atom is -1.00 e. The first-order valence-corrected chi connectivity index (χ1v) is 9.91. The van der Waals surface area contributed by atoms with Gasteiger partial charge in [0.25, 0.3) is 0 Å². The molecule has 2 aromatic carbocycles. The van der Waals surface area contributed by atoms with Gasteiger partial charge < -0.3 is 17.0 Å². The number of aromatic nitrogens is 3. The van der Waals surface area contributed by atoms with Crippen LogP contribution in [0.25, 0.3) is 17.1 Å². The zero-order valence-corrected chi connectivity index (χ0v) is 17.7. The van der Waals surface area contributed by atoms with E-state index in [2.05, 4.69) is 93.4 Å². The first-order valence-electron chi connectivity index (χ1n) is 7.68. The molecule has 6 heteroatoms. The summed E-state index contributed by atoms with van der Waals surface area (Å²) < 4.78 is 5.08. The Morgan fingerprint density at radius 2 is 1.71 bits per heavy atom. The van der Waals surface area contributed by atoms with Crippen LogP contribution in [0.1, 0.15) is 13.0 Å². The number of thioether (sulfide) groups is 1. The van der Waals surface area contributed by atoms with Crippen molar-refractivity contribution in [1.29, 1.82) is 0 Å². The quantitative estimate of drug-likeness (QED) is 0.293. The number of halogens is 2. The Morgan fingerprint density at radius 3 is 2.38 bits per heavy atom. The average Bonchev–Trinajstić information content (AvgIpc) is 3.00. The largest absolute Gasteiger partial charge is 1.00 e. The molecule has 0 saturated carbocycles. The summed E-state index contributed by atoms with van der Waals surface area (Å²) in [6.07, 6.45) is 0. The Hall–Kier alpha value is -0.860. The van der Waals surface area contributed by atoms with E-state index in [0.29, 0.717) is 9.97 Å². The van der Waals surface area contributed by atoms with Crippen LogP contribution < -0.4 is 21.5 Å². The van der Waals surface area contributed by atoms with E-state index in [0.717, 1.165) is 17.1 Å². The molecule has 0 fully saturated rings. The molecule has 0 radical (unpaired) electrons. The lowest BCUT2D eigenvalue weighted by molar-refractivity contribution is -0.627. The van der Waals surface area contributed by atoms with E-state index < -0.39 is 0 Å². The molecule has 2 heterocycles. The van der Waals surface area contributed by atoms with Crippen LogP contribution in [0, 0.1) is 0 Å². The molecule has 0 amide bonds. The second-order valence-electron chi connectivity index (χ2n) is 5.66. The van der Waals surface area contributed by atoms with Crippen LogP contribution in [-0.4, -0.2) is 19.5 Å². The van der Waals surface area contributed by atoms with Crippen LogP contribution >= 0.6 is 34.4 Å². The van der Waals surface area contributed by atoms with Gasteiger partial charge in [0.15, 0.2) is 0 Å². The molecular formula is C18H17BrIN3S. The number of benzene rings is 2. The topological polar surface area (TPSA) is 21.7 Å². The number of hydrogen-bond donors (Lipinski definition) is 0. The number of rotatable bonds is 2. The maximum Gasteiger partial charge on any atom is 0.314 e. The number of nitrogens with zero attached hydrogens (tertiary/aromatic N) is 3. The van der Waals surface area contributed by atoms with Gasteiger partial charge in [0.05, 0.1) is 9.49 Å². The maximum atomic E-state index is 4.98. The van der Waals surface area contributed by atoms with Crippen molar-refractivity contribution < 1.29 is 21.5 Å². The predicted molar refractivity (Wildman–Crippen MR) is 102 cm³/mol. The van der Waals surface area contributed by atoms with Gasteiger partial charge >= 0.3 is 11.0 Å². The molecule has 0 N–H and O–H groups in total. The molecular weight excluding hydrogens is 497 g/mol. The number of hydrogen-bond acceptors (Lipinski definition) is 2. The molecule has 24 heavy (non-hydrogen) atoms. The minimum atomic E-state index is 0. The van der Waals surface area contributed by atoms with Crippen molar-refractivity contribution in [2.24, 2.45) is 0 Å². The van der Waals surface area contributed by atoms with E-state index in [1.54, 1.807) is 0 Å². The van der Waals surface area contributed by atoms with E-state index in [9.17, 15) is 0 Å². The molecule has 0 spiro atoms. The van der Waals surface area contributed by atoms with E-state index in [1.165, 1.54) is 10.8 Å². The zero-order valence-electron chi connectivity index (χ0n) is 13.1. The molecule has 124 valence electrons. The van der Waals surface area contributed by atoms with Crippen molar-refractivity contribution in [1.82, 2.24) is 9.78 Å². The zero-order chi connectivity index (χ0) is 15.8. The third-order valence-corrected chi connectivity index (χ3v) is 7.36. The fourth-order valence-electron chi connectivity index (χ4n) is 2.81. The fourth-order valence-corrected chi connectivity index (χ4v) is 4.90. The van der Waals surface area contributed by atoms with Gasteiger partial charge in [-0.3, -0.25) is 0 Å². The van der Waals surface area contributed by atoms with Crippen molar-refractivity contribution in [3.05, 3.63) is 60.7 Å². The van der Waals surface area contributed by atoms with Crippen molar-refractivity contribution >= 4 is 34.4 Å². The normalized spacial score (nSPS) is 19.4. The highest BCUT2D eigenvalue weighted by atomic mass is 127. The molecule has 2 atom stereocenters. The molecule has 4 rings (SSSR count). The standard InChI is InChI=1S/C18H17IN3S.BrH/c1-13-16(19)12-23-18-21(15-10-6-3-7-11-15)17(20-22(13)18)14-8-4-2-5-9-14;/h2-11,13,16H,12H2,1H3;1H/q+1;/p-1. The van der Waals surface area contributed by atoms with Gasteiger partial charge in [-0.15, -0.1) is 0 Å². The predicted octanol–water partition coefficient (Wildman–Crippen LogP) is 1.30. The first kappa shape index (κ1) is 17.9. The molecule has 1 aliphatic rings. The van der Waals surface area contributed by atoms with Gasteiger partial charge in [0, 0.05) is 10.9 Å². The fraction of sp³-hybridized carbons (Fsp3) is 0.222. The summed E-state index contributed by atoms with van der Waals surface area (Å²) in [5, 5.41) is 6.20. The van der Waals surface area contributed by atoms with Crippen molar-refractivity contribution in [2.45, 2.75) is 22.0 Å². The molecule has 0 bridgehead atoms. The van der Waals surface area contributed by atoms with Gasteiger partial charge in [-0.2, -0.15) is 4.57 Å². The van der Waals surface area contributed by atoms with Gasteiger partial charge in [0.2, 0.25) is 0 Å². The lowest BCUT2D eigenvalue weighted by Crippen LogP contribution is -3.00. The SMILES string of the molecule is CC1C(I)CSc2n1nc(-c1ccccc1)[n+]2-c1ccccc1.[Br-]. The number of alkyl halides is 1. The monoisotopic (exact) mass is 513 g/mol. The van der Waals surface area contributed by atoms with Crippen LogP contribution in [0.2, 0.25) is 0 Å². The average molecular weight is 514 g/mol. The molecule has 0 aliphatic carbocycles. The molecule has 3 nitrogen and oxygen atoms in total.